The van der Waals surface area contributed by atoms with Crippen molar-refractivity contribution in [2.45, 2.75) is 42.9 Å². The standard InChI is InChI=1S/C23H29FN2O3S2/c1-17-4-9-22(18(2)16-17)31(28,29)26-13-10-19(11-14-26)23(27)25-12-3-15-30-21-7-5-20(24)6-8-21/h4-9,16,19H,3,10-15H2,1-2H3,(H,25,27). The molecule has 2 aromatic carbocycles. The Labute approximate surface area is 188 Å². The van der Waals surface area contributed by atoms with Gasteiger partial charge < -0.3 is 5.32 Å². The number of aryl methyl sites for hydroxylation is 2. The highest BCUT2D eigenvalue weighted by Crippen LogP contribution is 2.26. The molecule has 0 bridgehead atoms. The highest BCUT2D eigenvalue weighted by atomic mass is 32.2. The van der Waals surface area contributed by atoms with Gasteiger partial charge in [0, 0.05) is 30.4 Å². The van der Waals surface area contributed by atoms with Crippen LogP contribution in [-0.4, -0.2) is 44.0 Å². The molecule has 1 aliphatic rings. The second kappa shape index (κ2) is 10.6. The smallest absolute Gasteiger partial charge is 0.243 e. The van der Waals surface area contributed by atoms with Crippen LogP contribution in [0.2, 0.25) is 0 Å². The van der Waals surface area contributed by atoms with E-state index in [9.17, 15) is 17.6 Å². The molecule has 1 aliphatic heterocycles. The molecule has 0 unspecified atom stereocenters. The average molecular weight is 465 g/mol. The first kappa shape index (κ1) is 23.8. The molecular formula is C23H29FN2O3S2. The zero-order valence-corrected chi connectivity index (χ0v) is 19.6. The lowest BCUT2D eigenvalue weighted by atomic mass is 9.97. The highest BCUT2D eigenvalue weighted by molar-refractivity contribution is 7.99. The minimum Gasteiger partial charge on any atom is -0.356 e. The van der Waals surface area contributed by atoms with Gasteiger partial charge in [0.1, 0.15) is 5.82 Å². The lowest BCUT2D eigenvalue weighted by molar-refractivity contribution is -0.126. The summed E-state index contributed by atoms with van der Waals surface area (Å²) in [6, 6.07) is 11.7. The van der Waals surface area contributed by atoms with Crippen molar-refractivity contribution >= 4 is 27.7 Å². The zero-order valence-electron chi connectivity index (χ0n) is 17.9. The van der Waals surface area contributed by atoms with Crippen molar-refractivity contribution < 1.29 is 17.6 Å². The number of amides is 1. The summed E-state index contributed by atoms with van der Waals surface area (Å²) in [6.45, 7) is 5.04. The van der Waals surface area contributed by atoms with Crippen molar-refractivity contribution in [1.29, 1.82) is 0 Å². The predicted molar refractivity (Wildman–Crippen MR) is 122 cm³/mol. The van der Waals surface area contributed by atoms with E-state index in [4.69, 9.17) is 0 Å². The van der Waals surface area contributed by atoms with Crippen LogP contribution in [-0.2, 0) is 14.8 Å². The van der Waals surface area contributed by atoms with Gasteiger partial charge in [-0.3, -0.25) is 4.79 Å². The number of nitrogens with one attached hydrogen (secondary N) is 1. The Kier molecular flexibility index (Phi) is 8.13. The number of nitrogens with zero attached hydrogens (tertiary/aromatic N) is 1. The van der Waals surface area contributed by atoms with E-state index < -0.39 is 10.0 Å². The maximum Gasteiger partial charge on any atom is 0.243 e. The van der Waals surface area contributed by atoms with Crippen molar-refractivity contribution in [2.24, 2.45) is 5.92 Å². The summed E-state index contributed by atoms with van der Waals surface area (Å²) >= 11 is 1.63. The molecule has 1 amide bonds. The summed E-state index contributed by atoms with van der Waals surface area (Å²) < 4.78 is 40.4. The molecule has 0 spiro atoms. The number of thioether (sulfide) groups is 1. The van der Waals surface area contributed by atoms with Crippen molar-refractivity contribution in [3.8, 4) is 0 Å². The van der Waals surface area contributed by atoms with Gasteiger partial charge >= 0.3 is 0 Å². The molecule has 8 heteroatoms. The molecule has 0 atom stereocenters. The van der Waals surface area contributed by atoms with E-state index in [2.05, 4.69) is 5.32 Å². The molecule has 0 radical (unpaired) electrons. The summed E-state index contributed by atoms with van der Waals surface area (Å²) in [7, 11) is -3.54. The third-order valence-corrected chi connectivity index (χ3v) is 8.63. The number of halogens is 1. The lowest BCUT2D eigenvalue weighted by Crippen LogP contribution is -2.43. The number of benzene rings is 2. The van der Waals surface area contributed by atoms with Crippen molar-refractivity contribution in [3.63, 3.8) is 0 Å². The van der Waals surface area contributed by atoms with Crippen LogP contribution in [0.25, 0.3) is 0 Å². The minimum atomic E-state index is -3.54. The fourth-order valence-electron chi connectivity index (χ4n) is 3.74. The highest BCUT2D eigenvalue weighted by Gasteiger charge is 2.32. The molecule has 5 nitrogen and oxygen atoms in total. The molecular weight excluding hydrogens is 435 g/mol. The van der Waals surface area contributed by atoms with Crippen LogP contribution in [0.15, 0.2) is 52.3 Å². The van der Waals surface area contributed by atoms with Crippen LogP contribution in [0.5, 0.6) is 0 Å². The van der Waals surface area contributed by atoms with Crippen LogP contribution < -0.4 is 5.32 Å². The minimum absolute atomic E-state index is 0.00431. The summed E-state index contributed by atoms with van der Waals surface area (Å²) in [5, 5.41) is 2.97. The van der Waals surface area contributed by atoms with Gasteiger partial charge in [0.25, 0.3) is 0 Å². The molecule has 168 valence electrons. The van der Waals surface area contributed by atoms with Crippen molar-refractivity contribution in [2.75, 3.05) is 25.4 Å². The van der Waals surface area contributed by atoms with Gasteiger partial charge in [-0.2, -0.15) is 4.31 Å². The molecule has 1 heterocycles. The third-order valence-electron chi connectivity index (χ3n) is 5.48. The predicted octanol–water partition coefficient (Wildman–Crippen LogP) is 4.14. The maximum absolute atomic E-state index is 13.0. The Hall–Kier alpha value is -1.90. The quantitative estimate of drug-likeness (QED) is 0.471. The van der Waals surface area contributed by atoms with E-state index >= 15 is 0 Å². The molecule has 1 saturated heterocycles. The first-order chi connectivity index (χ1) is 14.8. The van der Waals surface area contributed by atoms with Gasteiger partial charge in [0.15, 0.2) is 0 Å². The number of hydrogen-bond acceptors (Lipinski definition) is 4. The molecule has 3 rings (SSSR count). The number of carbonyl (C=O) groups excluding carboxylic acids is 1. The second-order valence-corrected chi connectivity index (χ2v) is 11.0. The Morgan fingerprint density at radius 1 is 1.13 bits per heavy atom. The van der Waals surface area contributed by atoms with Crippen LogP contribution in [0.4, 0.5) is 4.39 Å². The number of rotatable bonds is 8. The normalized spacial score (nSPS) is 15.7. The van der Waals surface area contributed by atoms with Gasteiger partial charge in [-0.1, -0.05) is 17.7 Å². The molecule has 0 aromatic heterocycles. The first-order valence-electron chi connectivity index (χ1n) is 10.5. The summed E-state index contributed by atoms with van der Waals surface area (Å²) in [5.74, 6) is 0.425. The topological polar surface area (TPSA) is 66.5 Å². The van der Waals surface area contributed by atoms with E-state index in [1.54, 1.807) is 30.0 Å². The van der Waals surface area contributed by atoms with E-state index in [-0.39, 0.29) is 17.6 Å². The molecule has 31 heavy (non-hydrogen) atoms. The van der Waals surface area contributed by atoms with Crippen LogP contribution >= 0.6 is 11.8 Å². The lowest BCUT2D eigenvalue weighted by Gasteiger charge is -2.31. The number of hydrogen-bond donors (Lipinski definition) is 1. The van der Waals surface area contributed by atoms with E-state index in [1.807, 2.05) is 26.0 Å². The molecule has 2 aromatic rings. The van der Waals surface area contributed by atoms with Crippen molar-refractivity contribution in [1.82, 2.24) is 9.62 Å². The van der Waals surface area contributed by atoms with E-state index in [0.29, 0.717) is 37.4 Å². The SMILES string of the molecule is Cc1ccc(S(=O)(=O)N2CCC(C(=O)NCCCSc3ccc(F)cc3)CC2)c(C)c1. The largest absolute Gasteiger partial charge is 0.356 e. The van der Waals surface area contributed by atoms with Gasteiger partial charge in [-0.15, -0.1) is 11.8 Å². The fraction of sp³-hybridized carbons (Fsp3) is 0.435. The van der Waals surface area contributed by atoms with Crippen molar-refractivity contribution in [3.05, 3.63) is 59.4 Å². The maximum atomic E-state index is 13.0. The monoisotopic (exact) mass is 464 g/mol. The Morgan fingerprint density at radius 2 is 1.81 bits per heavy atom. The van der Waals surface area contributed by atoms with Gasteiger partial charge in [0.2, 0.25) is 15.9 Å². The molecule has 0 saturated carbocycles. The number of carbonyl (C=O) groups is 1. The fourth-order valence-corrected chi connectivity index (χ4v) is 6.26. The molecule has 0 aliphatic carbocycles. The summed E-state index contributed by atoms with van der Waals surface area (Å²) in [6.07, 6.45) is 1.87. The second-order valence-electron chi connectivity index (χ2n) is 7.89. The van der Waals surface area contributed by atoms with Gasteiger partial charge in [-0.05, 0) is 74.8 Å². The van der Waals surface area contributed by atoms with Gasteiger partial charge in [0.05, 0.1) is 4.90 Å². The van der Waals surface area contributed by atoms with Crippen LogP contribution in [0, 0.1) is 25.6 Å². The number of piperidine rings is 1. The molecule has 1 N–H and O–H groups in total. The van der Waals surface area contributed by atoms with E-state index in [0.717, 1.165) is 28.2 Å². The Balaban J connectivity index is 1.41. The first-order valence-corrected chi connectivity index (χ1v) is 12.9. The number of sulfonamides is 1. The van der Waals surface area contributed by atoms with Crippen LogP contribution in [0.3, 0.4) is 0 Å². The summed E-state index contributed by atoms with van der Waals surface area (Å²) in [4.78, 5) is 13.8. The summed E-state index contributed by atoms with van der Waals surface area (Å²) in [5.41, 5.74) is 1.78. The Morgan fingerprint density at radius 3 is 2.45 bits per heavy atom. The zero-order chi connectivity index (χ0) is 22.4. The Bertz CT molecular complexity index is 1000. The van der Waals surface area contributed by atoms with E-state index in [1.165, 1.54) is 16.4 Å². The molecule has 1 fully saturated rings. The van der Waals surface area contributed by atoms with Crippen LogP contribution in [0.1, 0.15) is 30.4 Å². The third kappa shape index (κ3) is 6.30. The average Bonchev–Trinajstić information content (AvgIpc) is 2.74. The van der Waals surface area contributed by atoms with Gasteiger partial charge in [-0.25, -0.2) is 12.8 Å².